The third-order valence-corrected chi connectivity index (χ3v) is 3.43. The molecule has 0 amide bonds. The molecule has 2 aliphatic rings. The minimum atomic E-state index is -0.816. The van der Waals surface area contributed by atoms with Gasteiger partial charge in [0.05, 0.1) is 18.2 Å². The van der Waals surface area contributed by atoms with Crippen LogP contribution in [0.2, 0.25) is 0 Å². The van der Waals surface area contributed by atoms with Crippen LogP contribution in [-0.2, 0) is 4.79 Å². The van der Waals surface area contributed by atoms with Crippen LogP contribution in [0.15, 0.2) is 41.6 Å². The van der Waals surface area contributed by atoms with Crippen LogP contribution in [0.3, 0.4) is 0 Å². The number of hydrogen-bond acceptors (Lipinski definition) is 3. The molecule has 0 saturated heterocycles. The van der Waals surface area contributed by atoms with Crippen molar-refractivity contribution >= 4 is 24.6 Å². The Hall–Kier alpha value is -1.81. The molecule has 0 bridgehead atoms. The molecule has 100 valence electrons. The number of nitrogens with zero attached hydrogens (tertiary/aromatic N) is 1. The molecule has 0 spiro atoms. The first-order valence-electron chi connectivity index (χ1n) is 5.94. The van der Waals surface area contributed by atoms with Crippen LogP contribution >= 0.6 is 12.4 Å². The van der Waals surface area contributed by atoms with Crippen molar-refractivity contribution in [3.05, 3.63) is 42.2 Å². The first-order valence-corrected chi connectivity index (χ1v) is 5.94. The number of benzene rings is 1. The van der Waals surface area contributed by atoms with Gasteiger partial charge in [-0.1, -0.05) is 18.2 Å². The fraction of sp³-hybridized carbons (Fsp3) is 0.286. The number of rotatable bonds is 1. The molecule has 19 heavy (non-hydrogen) atoms. The lowest BCUT2D eigenvalue weighted by Crippen LogP contribution is -2.25. The molecule has 0 radical (unpaired) electrons. The number of halogens is 1. The average molecular weight is 280 g/mol. The highest BCUT2D eigenvalue weighted by Gasteiger charge is 2.33. The van der Waals surface area contributed by atoms with Crippen molar-refractivity contribution in [2.45, 2.75) is 12.5 Å². The molecular formula is C14H14ClNO3. The Bertz CT molecular complexity index is 541. The summed E-state index contributed by atoms with van der Waals surface area (Å²) < 4.78 is 5.53. The van der Waals surface area contributed by atoms with Crippen molar-refractivity contribution in [2.24, 2.45) is 16.8 Å². The van der Waals surface area contributed by atoms with E-state index in [1.807, 2.05) is 30.3 Å². The zero-order valence-corrected chi connectivity index (χ0v) is 10.9. The molecule has 0 aromatic heterocycles. The molecule has 1 N–H and O–H groups in total. The molecule has 2 heterocycles. The molecule has 2 aliphatic heterocycles. The van der Waals surface area contributed by atoms with Crippen LogP contribution in [0, 0.1) is 11.8 Å². The molecule has 5 heteroatoms. The highest BCUT2D eigenvalue weighted by Crippen LogP contribution is 2.40. The Morgan fingerprint density at radius 2 is 2.16 bits per heavy atom. The van der Waals surface area contributed by atoms with Crippen LogP contribution in [0.25, 0.3) is 0 Å². The summed E-state index contributed by atoms with van der Waals surface area (Å²) in [6.07, 6.45) is 5.68. The lowest BCUT2D eigenvalue weighted by atomic mass is 9.83. The van der Waals surface area contributed by atoms with Crippen LogP contribution in [0.4, 0.5) is 0 Å². The summed E-state index contributed by atoms with van der Waals surface area (Å²) >= 11 is 0. The standard InChI is InChI=1S/C14H13NO3.ClH/c16-14(17)10-7-9-5-6-18-12-4-2-1-3-11(12)13(9)15-8-10;/h1-6,8-10,13H,7H2,(H,16,17);1H. The summed E-state index contributed by atoms with van der Waals surface area (Å²) in [5.41, 5.74) is 1.02. The van der Waals surface area contributed by atoms with E-state index in [4.69, 9.17) is 9.84 Å². The van der Waals surface area contributed by atoms with Gasteiger partial charge in [-0.3, -0.25) is 9.79 Å². The van der Waals surface area contributed by atoms with Gasteiger partial charge in [-0.25, -0.2) is 0 Å². The second-order valence-corrected chi connectivity index (χ2v) is 4.57. The number of hydrogen-bond donors (Lipinski definition) is 1. The second kappa shape index (κ2) is 5.45. The lowest BCUT2D eigenvalue weighted by molar-refractivity contribution is -0.139. The Kier molecular flexibility index (Phi) is 3.90. The molecule has 1 aromatic rings. The average Bonchev–Trinajstić information content (AvgIpc) is 2.57. The van der Waals surface area contributed by atoms with Crippen molar-refractivity contribution in [3.63, 3.8) is 0 Å². The maximum absolute atomic E-state index is 11.0. The van der Waals surface area contributed by atoms with Gasteiger partial charge in [0.1, 0.15) is 5.75 Å². The van der Waals surface area contributed by atoms with Crippen LogP contribution in [-0.4, -0.2) is 17.3 Å². The molecule has 3 atom stereocenters. The largest absolute Gasteiger partial charge is 0.481 e. The number of aliphatic carboxylic acids is 1. The third kappa shape index (κ3) is 2.49. The van der Waals surface area contributed by atoms with E-state index in [2.05, 4.69) is 4.99 Å². The number of ether oxygens (including phenoxy) is 1. The summed E-state index contributed by atoms with van der Waals surface area (Å²) in [7, 11) is 0. The summed E-state index contributed by atoms with van der Waals surface area (Å²) in [4.78, 5) is 15.4. The van der Waals surface area contributed by atoms with Crippen molar-refractivity contribution in [2.75, 3.05) is 0 Å². The maximum Gasteiger partial charge on any atom is 0.311 e. The Labute approximate surface area is 117 Å². The Balaban J connectivity index is 0.00000133. The number of para-hydroxylation sites is 1. The second-order valence-electron chi connectivity index (χ2n) is 4.57. The van der Waals surface area contributed by atoms with Gasteiger partial charge in [-0.2, -0.15) is 0 Å². The quantitative estimate of drug-likeness (QED) is 0.860. The SMILES string of the molecule is Cl.O=C(O)C1C=NC2c3ccccc3OC=CC2C1. The van der Waals surface area contributed by atoms with Gasteiger partial charge >= 0.3 is 5.97 Å². The maximum atomic E-state index is 11.0. The van der Waals surface area contributed by atoms with E-state index >= 15 is 0 Å². The zero-order valence-electron chi connectivity index (χ0n) is 10.1. The topological polar surface area (TPSA) is 58.9 Å². The van der Waals surface area contributed by atoms with Gasteiger partial charge in [0, 0.05) is 17.7 Å². The smallest absolute Gasteiger partial charge is 0.311 e. The highest BCUT2D eigenvalue weighted by molar-refractivity contribution is 5.89. The fourth-order valence-corrected chi connectivity index (χ4v) is 2.50. The molecule has 0 fully saturated rings. The summed E-state index contributed by atoms with van der Waals surface area (Å²) in [5, 5.41) is 9.05. The van der Waals surface area contributed by atoms with Crippen molar-refractivity contribution in [1.82, 2.24) is 0 Å². The molecule has 0 saturated carbocycles. The van der Waals surface area contributed by atoms with E-state index in [1.165, 1.54) is 0 Å². The lowest BCUT2D eigenvalue weighted by Gasteiger charge is -2.26. The van der Waals surface area contributed by atoms with E-state index in [9.17, 15) is 4.79 Å². The van der Waals surface area contributed by atoms with Gasteiger partial charge in [0.15, 0.2) is 0 Å². The number of carboxylic acid groups (broad SMARTS) is 1. The molecular weight excluding hydrogens is 266 g/mol. The summed E-state index contributed by atoms with van der Waals surface area (Å²) in [6.45, 7) is 0. The molecule has 3 rings (SSSR count). The van der Waals surface area contributed by atoms with Crippen LogP contribution in [0.1, 0.15) is 18.0 Å². The fourth-order valence-electron chi connectivity index (χ4n) is 2.50. The van der Waals surface area contributed by atoms with E-state index in [-0.39, 0.29) is 24.4 Å². The van der Waals surface area contributed by atoms with Gasteiger partial charge < -0.3 is 9.84 Å². The number of carbonyl (C=O) groups is 1. The predicted molar refractivity (Wildman–Crippen MR) is 73.9 cm³/mol. The van der Waals surface area contributed by atoms with Gasteiger partial charge in [-0.05, 0) is 18.6 Å². The molecule has 4 nitrogen and oxygen atoms in total. The van der Waals surface area contributed by atoms with Crippen LogP contribution < -0.4 is 4.74 Å². The van der Waals surface area contributed by atoms with Crippen molar-refractivity contribution in [1.29, 1.82) is 0 Å². The summed E-state index contributed by atoms with van der Waals surface area (Å²) in [6, 6.07) is 7.72. The Morgan fingerprint density at radius 1 is 1.37 bits per heavy atom. The first-order chi connectivity index (χ1) is 8.75. The Morgan fingerprint density at radius 3 is 2.95 bits per heavy atom. The number of aliphatic imine (C=N–C) groups is 1. The monoisotopic (exact) mass is 279 g/mol. The number of fused-ring (bicyclic) bond motifs is 3. The highest BCUT2D eigenvalue weighted by atomic mass is 35.5. The predicted octanol–water partition coefficient (Wildman–Crippen LogP) is 2.85. The van der Waals surface area contributed by atoms with Gasteiger partial charge in [0.25, 0.3) is 0 Å². The van der Waals surface area contributed by atoms with Gasteiger partial charge in [0.2, 0.25) is 0 Å². The third-order valence-electron chi connectivity index (χ3n) is 3.43. The number of carboxylic acids is 1. The first kappa shape index (κ1) is 13.6. The van der Waals surface area contributed by atoms with Gasteiger partial charge in [-0.15, -0.1) is 12.4 Å². The van der Waals surface area contributed by atoms with E-state index in [0.717, 1.165) is 11.3 Å². The normalized spacial score (nSPS) is 27.3. The van der Waals surface area contributed by atoms with E-state index in [1.54, 1.807) is 12.5 Å². The van der Waals surface area contributed by atoms with Crippen LogP contribution in [0.5, 0.6) is 5.75 Å². The van der Waals surface area contributed by atoms with E-state index in [0.29, 0.717) is 6.42 Å². The van der Waals surface area contributed by atoms with Crippen molar-refractivity contribution < 1.29 is 14.6 Å². The summed E-state index contributed by atoms with van der Waals surface area (Å²) in [5.74, 6) is -0.433. The minimum Gasteiger partial charge on any atom is -0.481 e. The molecule has 3 unspecified atom stereocenters. The molecule has 1 aromatic carbocycles. The van der Waals surface area contributed by atoms with E-state index < -0.39 is 11.9 Å². The molecule has 0 aliphatic carbocycles. The zero-order chi connectivity index (χ0) is 12.5. The minimum absolute atomic E-state index is 0. The van der Waals surface area contributed by atoms with Crippen molar-refractivity contribution in [3.8, 4) is 5.75 Å².